The van der Waals surface area contributed by atoms with Gasteiger partial charge in [0.2, 0.25) is 0 Å². The highest BCUT2D eigenvalue weighted by Gasteiger charge is 2.39. The molecular formula is C29H28F6N2O2. The Kier molecular flexibility index (Phi) is 8.54. The number of ether oxygens (including phenoxy) is 1. The van der Waals surface area contributed by atoms with Crippen molar-refractivity contribution in [2.75, 3.05) is 38.7 Å². The summed E-state index contributed by atoms with van der Waals surface area (Å²) in [5.41, 5.74) is -0.797. The summed E-state index contributed by atoms with van der Waals surface area (Å²) < 4.78 is 85.6. The average molecular weight is 551 g/mol. The van der Waals surface area contributed by atoms with Gasteiger partial charge in [0.15, 0.2) is 0 Å². The molecule has 3 aromatic carbocycles. The van der Waals surface area contributed by atoms with Gasteiger partial charge in [-0.3, -0.25) is 4.79 Å². The predicted molar refractivity (Wildman–Crippen MR) is 136 cm³/mol. The fraction of sp³-hybridized carbons (Fsp3) is 0.345. The summed E-state index contributed by atoms with van der Waals surface area (Å²) in [5.74, 6) is -1.14. The molecule has 1 amide bonds. The van der Waals surface area contributed by atoms with E-state index in [1.165, 1.54) is 4.90 Å². The van der Waals surface area contributed by atoms with Crippen LogP contribution in [0.2, 0.25) is 0 Å². The van der Waals surface area contributed by atoms with Crippen molar-refractivity contribution >= 4 is 11.6 Å². The lowest BCUT2D eigenvalue weighted by atomic mass is 9.76. The van der Waals surface area contributed by atoms with E-state index < -0.39 is 35.0 Å². The molecule has 1 aliphatic heterocycles. The molecule has 208 valence electrons. The normalized spacial score (nSPS) is 18.2. The first-order valence-corrected chi connectivity index (χ1v) is 12.4. The number of alkyl halides is 6. The van der Waals surface area contributed by atoms with E-state index in [1.54, 1.807) is 7.11 Å². The molecule has 4 rings (SSSR count). The van der Waals surface area contributed by atoms with Crippen LogP contribution in [0.3, 0.4) is 0 Å². The first-order chi connectivity index (χ1) is 18.5. The van der Waals surface area contributed by atoms with E-state index in [0.29, 0.717) is 31.7 Å². The molecule has 2 atom stereocenters. The summed E-state index contributed by atoms with van der Waals surface area (Å²) in [5, 5.41) is 3.37. The van der Waals surface area contributed by atoms with E-state index in [9.17, 15) is 31.1 Å². The number of amides is 1. The van der Waals surface area contributed by atoms with Gasteiger partial charge < -0.3 is 15.0 Å². The van der Waals surface area contributed by atoms with Gasteiger partial charge in [0, 0.05) is 43.9 Å². The summed E-state index contributed by atoms with van der Waals surface area (Å²) in [6.45, 7) is 1.40. The van der Waals surface area contributed by atoms with Crippen LogP contribution in [0.15, 0.2) is 72.8 Å². The zero-order valence-corrected chi connectivity index (χ0v) is 21.1. The molecule has 0 bridgehead atoms. The fourth-order valence-electron chi connectivity index (χ4n) is 5.08. The summed E-state index contributed by atoms with van der Waals surface area (Å²) in [6.07, 6.45) is -9.59. The number of halogens is 6. The number of hydrogen-bond donors (Lipinski definition) is 1. The van der Waals surface area contributed by atoms with Crippen LogP contribution >= 0.6 is 0 Å². The van der Waals surface area contributed by atoms with Gasteiger partial charge in [-0.25, -0.2) is 0 Å². The molecule has 0 aliphatic carbocycles. The van der Waals surface area contributed by atoms with Gasteiger partial charge in [-0.05, 0) is 47.7 Å². The number of piperidine rings is 1. The van der Waals surface area contributed by atoms with E-state index >= 15 is 0 Å². The topological polar surface area (TPSA) is 41.6 Å². The second kappa shape index (κ2) is 11.7. The third kappa shape index (κ3) is 6.73. The van der Waals surface area contributed by atoms with Crippen LogP contribution in [0.4, 0.5) is 32.0 Å². The predicted octanol–water partition coefficient (Wildman–Crippen LogP) is 7.20. The molecule has 0 spiro atoms. The zero-order chi connectivity index (χ0) is 28.2. The molecule has 1 saturated heterocycles. The first-order valence-electron chi connectivity index (χ1n) is 12.4. The van der Waals surface area contributed by atoms with Crippen LogP contribution in [0.5, 0.6) is 0 Å². The van der Waals surface area contributed by atoms with E-state index in [0.717, 1.165) is 16.8 Å². The van der Waals surface area contributed by atoms with Crippen molar-refractivity contribution < 1.29 is 35.9 Å². The molecule has 1 aliphatic rings. The first kappa shape index (κ1) is 28.5. The van der Waals surface area contributed by atoms with Gasteiger partial charge in [0.1, 0.15) is 0 Å². The highest BCUT2D eigenvalue weighted by atomic mass is 19.4. The summed E-state index contributed by atoms with van der Waals surface area (Å²) in [4.78, 5) is 14.7. The Bertz CT molecular complexity index is 1240. The number of likely N-dealkylation sites (tertiary alicyclic amines) is 1. The van der Waals surface area contributed by atoms with Crippen LogP contribution in [0.1, 0.15) is 50.9 Å². The lowest BCUT2D eigenvalue weighted by Crippen LogP contribution is -2.42. The number of para-hydroxylation sites is 1. The number of carbonyl (C=O) groups is 1. The number of carbonyl (C=O) groups excluding carboxylic acids is 1. The monoisotopic (exact) mass is 550 g/mol. The van der Waals surface area contributed by atoms with Gasteiger partial charge in [0.05, 0.1) is 17.7 Å². The van der Waals surface area contributed by atoms with E-state index in [-0.39, 0.29) is 31.0 Å². The number of benzene rings is 3. The molecule has 3 aromatic rings. The van der Waals surface area contributed by atoms with Crippen molar-refractivity contribution in [1.29, 1.82) is 0 Å². The minimum atomic E-state index is -5.03. The smallest absolute Gasteiger partial charge is 0.383 e. The van der Waals surface area contributed by atoms with Crippen LogP contribution in [-0.4, -0.2) is 44.2 Å². The Balaban J connectivity index is 1.68. The zero-order valence-electron chi connectivity index (χ0n) is 21.1. The van der Waals surface area contributed by atoms with E-state index in [4.69, 9.17) is 4.74 Å². The Morgan fingerprint density at radius 1 is 0.897 bits per heavy atom. The van der Waals surface area contributed by atoms with Crippen LogP contribution in [0, 0.1) is 0 Å². The van der Waals surface area contributed by atoms with Gasteiger partial charge in [-0.1, -0.05) is 48.5 Å². The third-order valence-corrected chi connectivity index (χ3v) is 6.94. The summed E-state index contributed by atoms with van der Waals surface area (Å²) in [7, 11) is 1.60. The van der Waals surface area contributed by atoms with Crippen LogP contribution < -0.4 is 5.32 Å². The second-order valence-electron chi connectivity index (χ2n) is 9.46. The third-order valence-electron chi connectivity index (χ3n) is 6.94. The number of methoxy groups -OCH3 is 1. The Morgan fingerprint density at radius 2 is 1.51 bits per heavy atom. The molecule has 0 radical (unpaired) electrons. The number of nitrogens with zero attached hydrogens (tertiary/aromatic N) is 1. The van der Waals surface area contributed by atoms with Crippen molar-refractivity contribution in [2.45, 2.75) is 30.6 Å². The number of nitrogens with one attached hydrogen (secondary N) is 1. The van der Waals surface area contributed by atoms with Crippen molar-refractivity contribution in [1.82, 2.24) is 4.90 Å². The average Bonchev–Trinajstić information content (AvgIpc) is 2.92. The Morgan fingerprint density at radius 3 is 2.13 bits per heavy atom. The number of rotatable bonds is 7. The minimum Gasteiger partial charge on any atom is -0.383 e. The van der Waals surface area contributed by atoms with Crippen molar-refractivity contribution in [3.63, 3.8) is 0 Å². The highest BCUT2D eigenvalue weighted by molar-refractivity contribution is 5.95. The quantitative estimate of drug-likeness (QED) is 0.250. The second-order valence-corrected chi connectivity index (χ2v) is 9.46. The minimum absolute atomic E-state index is 0.0311. The van der Waals surface area contributed by atoms with Gasteiger partial charge in [-0.2, -0.15) is 26.3 Å². The molecule has 4 nitrogen and oxygen atoms in total. The SMILES string of the molecule is COCCNc1ccccc1[C@@H]1CCN(C(=O)c2cc(C(F)(F)F)cc(C(F)(F)F)c2)C[C@@H]1c1ccccc1. The molecule has 1 N–H and O–H groups in total. The molecule has 1 fully saturated rings. The van der Waals surface area contributed by atoms with E-state index in [1.807, 2.05) is 54.6 Å². The molecule has 39 heavy (non-hydrogen) atoms. The standard InChI is InChI=1S/C29H28F6N2O2/c1-39-14-12-36-26-10-6-5-9-24(26)23-11-13-37(18-25(23)19-7-3-2-4-8-19)27(38)20-15-21(28(30,31)32)17-22(16-20)29(33,34)35/h2-10,15-17,23,25,36H,11-14,18H2,1H3/t23-,25+/m0/s1. The van der Waals surface area contributed by atoms with Crippen molar-refractivity contribution in [3.05, 3.63) is 101 Å². The largest absolute Gasteiger partial charge is 0.416 e. The van der Waals surface area contributed by atoms with Crippen molar-refractivity contribution in [3.8, 4) is 0 Å². The maximum Gasteiger partial charge on any atom is 0.416 e. The molecule has 0 saturated carbocycles. The van der Waals surface area contributed by atoms with Crippen LogP contribution in [-0.2, 0) is 17.1 Å². The summed E-state index contributed by atoms with van der Waals surface area (Å²) >= 11 is 0. The van der Waals surface area contributed by atoms with Crippen LogP contribution in [0.25, 0.3) is 0 Å². The molecule has 10 heteroatoms. The molecule has 0 unspecified atom stereocenters. The molecule has 0 aromatic heterocycles. The lowest BCUT2D eigenvalue weighted by Gasteiger charge is -2.40. The maximum absolute atomic E-state index is 13.4. The van der Waals surface area contributed by atoms with E-state index in [2.05, 4.69) is 5.32 Å². The number of hydrogen-bond acceptors (Lipinski definition) is 3. The fourth-order valence-corrected chi connectivity index (χ4v) is 5.08. The highest BCUT2D eigenvalue weighted by Crippen LogP contribution is 2.43. The molecular weight excluding hydrogens is 522 g/mol. The Hall–Kier alpha value is -3.53. The van der Waals surface area contributed by atoms with Crippen molar-refractivity contribution in [2.24, 2.45) is 0 Å². The number of anilines is 1. The van der Waals surface area contributed by atoms with Gasteiger partial charge in [-0.15, -0.1) is 0 Å². The lowest BCUT2D eigenvalue weighted by molar-refractivity contribution is -0.143. The summed E-state index contributed by atoms with van der Waals surface area (Å²) in [6, 6.07) is 18.2. The van der Waals surface area contributed by atoms with Gasteiger partial charge >= 0.3 is 12.4 Å². The Labute approximate surface area is 222 Å². The molecule has 1 heterocycles. The van der Waals surface area contributed by atoms with Gasteiger partial charge in [0.25, 0.3) is 5.91 Å². The maximum atomic E-state index is 13.4.